The standard InChI is InChI=1S/C11H9BrO5/c1-5(13)9(12)8-6(10(14)15)3-2-4-7(8)11(16)17/h2-4,9H,1H3,(H,14,15)(H,16,17). The Balaban J connectivity index is 3.54. The third kappa shape index (κ3) is 2.71. The second kappa shape index (κ2) is 5.09. The van der Waals surface area contributed by atoms with Crippen molar-refractivity contribution < 1.29 is 24.6 Å². The first-order valence-electron chi connectivity index (χ1n) is 4.60. The van der Waals surface area contributed by atoms with E-state index in [1.807, 2.05) is 0 Å². The van der Waals surface area contributed by atoms with Gasteiger partial charge in [-0.25, -0.2) is 9.59 Å². The molecule has 0 aliphatic rings. The molecule has 0 spiro atoms. The summed E-state index contributed by atoms with van der Waals surface area (Å²) in [5, 5.41) is 18.0. The average Bonchev–Trinajstić information content (AvgIpc) is 2.26. The zero-order valence-corrected chi connectivity index (χ0v) is 10.4. The third-order valence-electron chi connectivity index (χ3n) is 2.18. The van der Waals surface area contributed by atoms with Crippen LogP contribution in [0.15, 0.2) is 18.2 Å². The molecule has 0 bridgehead atoms. The van der Waals surface area contributed by atoms with Crippen molar-refractivity contribution in [3.63, 3.8) is 0 Å². The fourth-order valence-electron chi connectivity index (χ4n) is 1.41. The summed E-state index contributed by atoms with van der Waals surface area (Å²) >= 11 is 3.01. The molecule has 2 N–H and O–H groups in total. The molecule has 0 aliphatic heterocycles. The maximum absolute atomic E-state index is 11.3. The van der Waals surface area contributed by atoms with E-state index in [1.54, 1.807) is 0 Å². The molecule has 1 atom stereocenters. The van der Waals surface area contributed by atoms with Crippen LogP contribution >= 0.6 is 15.9 Å². The van der Waals surface area contributed by atoms with Gasteiger partial charge in [0.25, 0.3) is 0 Å². The van der Waals surface area contributed by atoms with Gasteiger partial charge in [-0.05, 0) is 19.1 Å². The van der Waals surface area contributed by atoms with Crippen molar-refractivity contribution in [2.75, 3.05) is 0 Å². The first-order valence-corrected chi connectivity index (χ1v) is 5.51. The van der Waals surface area contributed by atoms with Crippen molar-refractivity contribution in [1.82, 2.24) is 0 Å². The zero-order valence-electron chi connectivity index (χ0n) is 8.81. The molecule has 0 heterocycles. The molecule has 1 rings (SSSR count). The summed E-state index contributed by atoms with van der Waals surface area (Å²) in [5.74, 6) is -2.90. The summed E-state index contributed by atoms with van der Waals surface area (Å²) in [7, 11) is 0. The Morgan fingerprint density at radius 1 is 1.12 bits per heavy atom. The lowest BCUT2D eigenvalue weighted by atomic mass is 9.96. The minimum absolute atomic E-state index is 0.0278. The molecular weight excluding hydrogens is 292 g/mol. The molecule has 6 heteroatoms. The largest absolute Gasteiger partial charge is 0.478 e. The molecule has 5 nitrogen and oxygen atoms in total. The van der Waals surface area contributed by atoms with Crippen molar-refractivity contribution in [2.45, 2.75) is 11.8 Å². The van der Waals surface area contributed by atoms with E-state index in [9.17, 15) is 14.4 Å². The van der Waals surface area contributed by atoms with E-state index in [0.717, 1.165) is 0 Å². The highest BCUT2D eigenvalue weighted by Gasteiger charge is 2.26. The van der Waals surface area contributed by atoms with Crippen LogP contribution in [0.2, 0.25) is 0 Å². The van der Waals surface area contributed by atoms with Gasteiger partial charge in [-0.15, -0.1) is 0 Å². The molecule has 0 radical (unpaired) electrons. The molecule has 0 fully saturated rings. The molecule has 1 aromatic carbocycles. The highest BCUT2D eigenvalue weighted by atomic mass is 79.9. The van der Waals surface area contributed by atoms with E-state index in [-0.39, 0.29) is 22.5 Å². The highest BCUT2D eigenvalue weighted by Crippen LogP contribution is 2.30. The van der Waals surface area contributed by atoms with E-state index >= 15 is 0 Å². The number of hydrogen-bond donors (Lipinski definition) is 2. The highest BCUT2D eigenvalue weighted by molar-refractivity contribution is 9.09. The van der Waals surface area contributed by atoms with Gasteiger partial charge in [0.15, 0.2) is 0 Å². The number of carbonyl (C=O) groups is 3. The van der Waals surface area contributed by atoms with Crippen molar-refractivity contribution in [3.8, 4) is 0 Å². The normalized spacial score (nSPS) is 11.9. The Hall–Kier alpha value is -1.69. The van der Waals surface area contributed by atoms with Crippen LogP contribution in [0.5, 0.6) is 0 Å². The van der Waals surface area contributed by atoms with Gasteiger partial charge in [0.2, 0.25) is 0 Å². The monoisotopic (exact) mass is 300 g/mol. The Bertz CT molecular complexity index is 462. The maximum atomic E-state index is 11.3. The number of carboxylic acid groups (broad SMARTS) is 2. The fourth-order valence-corrected chi connectivity index (χ4v) is 1.91. The lowest BCUT2D eigenvalue weighted by molar-refractivity contribution is -0.116. The van der Waals surface area contributed by atoms with E-state index in [2.05, 4.69) is 15.9 Å². The van der Waals surface area contributed by atoms with Crippen LogP contribution in [0.1, 0.15) is 38.0 Å². The number of carbonyl (C=O) groups excluding carboxylic acids is 1. The number of aromatic carboxylic acids is 2. The number of hydrogen-bond acceptors (Lipinski definition) is 3. The lowest BCUT2D eigenvalue weighted by Crippen LogP contribution is -2.14. The van der Waals surface area contributed by atoms with Gasteiger partial charge in [0.1, 0.15) is 5.78 Å². The number of ketones is 1. The molecular formula is C11H9BrO5. The van der Waals surface area contributed by atoms with Gasteiger partial charge in [0.05, 0.1) is 16.0 Å². The number of benzene rings is 1. The van der Waals surface area contributed by atoms with Gasteiger partial charge in [-0.1, -0.05) is 22.0 Å². The van der Waals surface area contributed by atoms with Crippen LogP contribution in [0.4, 0.5) is 0 Å². The molecule has 0 aliphatic carbocycles. The van der Waals surface area contributed by atoms with Crippen molar-refractivity contribution in [3.05, 3.63) is 34.9 Å². The summed E-state index contributed by atoms with van der Waals surface area (Å²) < 4.78 is 0. The van der Waals surface area contributed by atoms with E-state index in [4.69, 9.17) is 10.2 Å². The van der Waals surface area contributed by atoms with Gasteiger partial charge in [-0.3, -0.25) is 4.79 Å². The quantitative estimate of drug-likeness (QED) is 0.831. The predicted molar refractivity (Wildman–Crippen MR) is 62.7 cm³/mol. The Morgan fingerprint density at radius 2 is 1.53 bits per heavy atom. The molecule has 0 aromatic heterocycles. The fraction of sp³-hybridized carbons (Fsp3) is 0.182. The van der Waals surface area contributed by atoms with E-state index < -0.39 is 16.8 Å². The van der Waals surface area contributed by atoms with Crippen LogP contribution in [0.3, 0.4) is 0 Å². The summed E-state index contributed by atoms with van der Waals surface area (Å²) in [6.45, 7) is 1.25. The van der Waals surface area contributed by atoms with Crippen LogP contribution in [-0.2, 0) is 4.79 Å². The molecule has 0 saturated carbocycles. The summed E-state index contributed by atoms with van der Waals surface area (Å²) in [6.07, 6.45) is 0. The number of rotatable bonds is 4. The molecule has 1 unspecified atom stereocenters. The average molecular weight is 301 g/mol. The third-order valence-corrected chi connectivity index (χ3v) is 3.28. The van der Waals surface area contributed by atoms with Crippen molar-refractivity contribution >= 4 is 33.7 Å². The minimum Gasteiger partial charge on any atom is -0.478 e. The van der Waals surface area contributed by atoms with E-state index in [1.165, 1.54) is 25.1 Å². The summed E-state index contributed by atoms with van der Waals surface area (Å²) in [4.78, 5) is 32.3. The van der Waals surface area contributed by atoms with Gasteiger partial charge in [0, 0.05) is 5.56 Å². The topological polar surface area (TPSA) is 91.7 Å². The van der Waals surface area contributed by atoms with Gasteiger partial charge >= 0.3 is 11.9 Å². The Kier molecular flexibility index (Phi) is 4.01. The first kappa shape index (κ1) is 13.4. The van der Waals surface area contributed by atoms with Crippen molar-refractivity contribution in [1.29, 1.82) is 0 Å². The molecule has 17 heavy (non-hydrogen) atoms. The molecule has 0 saturated heterocycles. The molecule has 0 amide bonds. The van der Waals surface area contributed by atoms with Crippen LogP contribution in [0.25, 0.3) is 0 Å². The zero-order chi connectivity index (χ0) is 13.2. The van der Waals surface area contributed by atoms with Crippen LogP contribution in [0, 0.1) is 0 Å². The van der Waals surface area contributed by atoms with Gasteiger partial charge in [-0.2, -0.15) is 0 Å². The Morgan fingerprint density at radius 3 is 1.82 bits per heavy atom. The van der Waals surface area contributed by atoms with Crippen molar-refractivity contribution in [2.24, 2.45) is 0 Å². The van der Waals surface area contributed by atoms with Gasteiger partial charge < -0.3 is 10.2 Å². The first-order chi connectivity index (χ1) is 7.86. The second-order valence-corrected chi connectivity index (χ2v) is 4.27. The summed E-state index contributed by atoms with van der Waals surface area (Å²) in [5.41, 5.74) is -0.413. The SMILES string of the molecule is CC(=O)C(Br)c1c(C(=O)O)cccc1C(=O)O. The predicted octanol–water partition coefficient (Wildman–Crippen LogP) is 2.11. The maximum Gasteiger partial charge on any atom is 0.336 e. The minimum atomic E-state index is -1.27. The number of alkyl halides is 1. The smallest absolute Gasteiger partial charge is 0.336 e. The number of halogens is 1. The second-order valence-electron chi connectivity index (χ2n) is 3.35. The molecule has 90 valence electrons. The van der Waals surface area contributed by atoms with Crippen LogP contribution < -0.4 is 0 Å². The van der Waals surface area contributed by atoms with E-state index in [0.29, 0.717) is 0 Å². The van der Waals surface area contributed by atoms with Crippen LogP contribution in [-0.4, -0.2) is 27.9 Å². The molecule has 1 aromatic rings. The Labute approximate surface area is 105 Å². The number of Topliss-reactive ketones (excluding diaryl/α,β-unsaturated/α-hetero) is 1. The lowest BCUT2D eigenvalue weighted by Gasteiger charge is -2.13. The number of carboxylic acids is 2. The summed E-state index contributed by atoms with van der Waals surface area (Å²) in [6, 6.07) is 3.86.